The highest BCUT2D eigenvalue weighted by molar-refractivity contribution is 7.88. The lowest BCUT2D eigenvalue weighted by molar-refractivity contribution is 0.0531. The summed E-state index contributed by atoms with van der Waals surface area (Å²) in [6.45, 7) is 2.50. The van der Waals surface area contributed by atoms with Gasteiger partial charge in [-0.1, -0.05) is 30.3 Å². The van der Waals surface area contributed by atoms with Gasteiger partial charge in [-0.15, -0.1) is 0 Å². The third kappa shape index (κ3) is 5.39. The van der Waals surface area contributed by atoms with E-state index in [0.717, 1.165) is 38.0 Å². The summed E-state index contributed by atoms with van der Waals surface area (Å²) >= 11 is 0. The van der Waals surface area contributed by atoms with Gasteiger partial charge >= 0.3 is 0 Å². The van der Waals surface area contributed by atoms with E-state index in [1.807, 2.05) is 18.2 Å². The molecule has 21 heavy (non-hydrogen) atoms. The van der Waals surface area contributed by atoms with Crippen molar-refractivity contribution in [3.8, 4) is 0 Å². The molecule has 0 aliphatic carbocycles. The van der Waals surface area contributed by atoms with Crippen LogP contribution in [-0.2, 0) is 14.8 Å². The summed E-state index contributed by atoms with van der Waals surface area (Å²) in [5.41, 5.74) is 1.15. The lowest BCUT2D eigenvalue weighted by Crippen LogP contribution is -2.48. The van der Waals surface area contributed by atoms with Gasteiger partial charge in [-0.05, 0) is 24.9 Å². The number of benzene rings is 1. The zero-order chi connectivity index (χ0) is 15.3. The van der Waals surface area contributed by atoms with E-state index in [1.165, 1.54) is 6.26 Å². The Kier molecular flexibility index (Phi) is 5.75. The van der Waals surface area contributed by atoms with Gasteiger partial charge in [-0.3, -0.25) is 4.90 Å². The molecule has 1 saturated heterocycles. The summed E-state index contributed by atoms with van der Waals surface area (Å²) in [5.74, 6) is 0. The Morgan fingerprint density at radius 3 is 2.71 bits per heavy atom. The number of piperidine rings is 1. The van der Waals surface area contributed by atoms with Crippen molar-refractivity contribution in [2.45, 2.75) is 25.0 Å². The number of nitrogens with one attached hydrogen (secondary N) is 1. The molecule has 2 rings (SSSR count). The molecule has 1 aromatic carbocycles. The number of ether oxygens (including phenoxy) is 1. The summed E-state index contributed by atoms with van der Waals surface area (Å²) < 4.78 is 31.0. The van der Waals surface area contributed by atoms with E-state index in [0.29, 0.717) is 0 Å². The van der Waals surface area contributed by atoms with Crippen molar-refractivity contribution in [2.75, 3.05) is 33.0 Å². The average Bonchev–Trinajstić information content (AvgIpc) is 2.44. The molecule has 1 aliphatic heterocycles. The summed E-state index contributed by atoms with van der Waals surface area (Å²) in [6.07, 6.45) is 3.13. The SMILES string of the molecule is CO[C@@H](CN1CCC[C@@H](NS(C)(=O)=O)C1)c1ccccc1. The number of sulfonamides is 1. The van der Waals surface area contributed by atoms with Crippen LogP contribution in [0.5, 0.6) is 0 Å². The van der Waals surface area contributed by atoms with Crippen molar-refractivity contribution in [1.82, 2.24) is 9.62 Å². The molecule has 0 aromatic heterocycles. The van der Waals surface area contributed by atoms with E-state index in [9.17, 15) is 8.42 Å². The van der Waals surface area contributed by atoms with Gasteiger partial charge in [0.2, 0.25) is 10.0 Å². The van der Waals surface area contributed by atoms with Crippen LogP contribution in [0.15, 0.2) is 30.3 Å². The van der Waals surface area contributed by atoms with E-state index < -0.39 is 10.0 Å². The van der Waals surface area contributed by atoms with Gasteiger partial charge < -0.3 is 4.74 Å². The van der Waals surface area contributed by atoms with Gasteiger partial charge in [0.05, 0.1) is 12.4 Å². The fourth-order valence-electron chi connectivity index (χ4n) is 2.84. The van der Waals surface area contributed by atoms with Crippen molar-refractivity contribution in [2.24, 2.45) is 0 Å². The van der Waals surface area contributed by atoms with E-state index in [2.05, 4.69) is 21.8 Å². The normalized spacial score (nSPS) is 22.1. The van der Waals surface area contributed by atoms with Crippen LogP contribution in [0.1, 0.15) is 24.5 Å². The maximum atomic E-state index is 11.4. The van der Waals surface area contributed by atoms with Crippen LogP contribution >= 0.6 is 0 Å². The highest BCUT2D eigenvalue weighted by Gasteiger charge is 2.24. The lowest BCUT2D eigenvalue weighted by Gasteiger charge is -2.34. The quantitative estimate of drug-likeness (QED) is 0.862. The first-order chi connectivity index (χ1) is 9.98. The molecule has 0 bridgehead atoms. The first-order valence-corrected chi connectivity index (χ1v) is 9.14. The van der Waals surface area contributed by atoms with Crippen molar-refractivity contribution < 1.29 is 13.2 Å². The summed E-state index contributed by atoms with van der Waals surface area (Å²) in [7, 11) is -1.43. The van der Waals surface area contributed by atoms with Crippen LogP contribution in [0.4, 0.5) is 0 Å². The van der Waals surface area contributed by atoms with Gasteiger partial charge in [-0.2, -0.15) is 0 Å². The maximum Gasteiger partial charge on any atom is 0.208 e. The molecule has 1 aliphatic rings. The molecule has 0 spiro atoms. The first-order valence-electron chi connectivity index (χ1n) is 7.25. The summed E-state index contributed by atoms with van der Waals surface area (Å²) in [4.78, 5) is 2.27. The minimum absolute atomic E-state index is 0.00188. The highest BCUT2D eigenvalue weighted by atomic mass is 32.2. The largest absolute Gasteiger partial charge is 0.375 e. The fraction of sp³-hybridized carbons (Fsp3) is 0.600. The van der Waals surface area contributed by atoms with Gasteiger partial charge in [0, 0.05) is 26.2 Å². The molecule has 0 amide bonds. The van der Waals surface area contributed by atoms with E-state index in [1.54, 1.807) is 7.11 Å². The van der Waals surface area contributed by atoms with Crippen LogP contribution in [0, 0.1) is 0 Å². The first kappa shape index (κ1) is 16.4. The van der Waals surface area contributed by atoms with Crippen LogP contribution in [0.3, 0.4) is 0 Å². The Morgan fingerprint density at radius 1 is 1.38 bits per heavy atom. The predicted molar refractivity (Wildman–Crippen MR) is 83.6 cm³/mol. The molecule has 1 fully saturated rings. The number of nitrogens with zero attached hydrogens (tertiary/aromatic N) is 1. The Balaban J connectivity index is 1.95. The maximum absolute atomic E-state index is 11.4. The van der Waals surface area contributed by atoms with E-state index in [4.69, 9.17) is 4.74 Å². The second-order valence-corrected chi connectivity index (χ2v) is 7.40. The van der Waals surface area contributed by atoms with Gasteiger partial charge in [0.25, 0.3) is 0 Å². The second kappa shape index (κ2) is 7.35. The Hall–Kier alpha value is -0.950. The monoisotopic (exact) mass is 312 g/mol. The molecule has 0 radical (unpaired) electrons. The molecule has 5 nitrogen and oxygen atoms in total. The number of hydrogen-bond acceptors (Lipinski definition) is 4. The van der Waals surface area contributed by atoms with Crippen molar-refractivity contribution in [3.63, 3.8) is 0 Å². The van der Waals surface area contributed by atoms with E-state index >= 15 is 0 Å². The predicted octanol–water partition coefficient (Wildman–Crippen LogP) is 1.39. The van der Waals surface area contributed by atoms with Gasteiger partial charge in [-0.25, -0.2) is 13.1 Å². The molecule has 1 heterocycles. The molecule has 1 aromatic rings. The summed E-state index contributed by atoms with van der Waals surface area (Å²) in [6, 6.07) is 10.1. The van der Waals surface area contributed by atoms with E-state index in [-0.39, 0.29) is 12.1 Å². The molecule has 0 saturated carbocycles. The molecule has 0 unspecified atom stereocenters. The number of likely N-dealkylation sites (tertiary alicyclic amines) is 1. The van der Waals surface area contributed by atoms with Gasteiger partial charge in [0.1, 0.15) is 0 Å². The van der Waals surface area contributed by atoms with Gasteiger partial charge in [0.15, 0.2) is 0 Å². The summed E-state index contributed by atoms with van der Waals surface area (Å²) in [5, 5.41) is 0. The average molecular weight is 312 g/mol. The molecule has 6 heteroatoms. The highest BCUT2D eigenvalue weighted by Crippen LogP contribution is 2.20. The molecular weight excluding hydrogens is 288 g/mol. The molecule has 118 valence electrons. The third-order valence-corrected chi connectivity index (χ3v) is 4.53. The Morgan fingerprint density at radius 2 is 2.10 bits per heavy atom. The molecular formula is C15H24N2O3S. The Labute approximate surface area is 127 Å². The Bertz CT molecular complexity index is 533. The smallest absolute Gasteiger partial charge is 0.208 e. The minimum Gasteiger partial charge on any atom is -0.375 e. The van der Waals surface area contributed by atoms with Crippen molar-refractivity contribution >= 4 is 10.0 Å². The van der Waals surface area contributed by atoms with Crippen LogP contribution in [0.25, 0.3) is 0 Å². The van der Waals surface area contributed by atoms with Crippen molar-refractivity contribution in [3.05, 3.63) is 35.9 Å². The van der Waals surface area contributed by atoms with Crippen LogP contribution in [-0.4, -0.2) is 52.4 Å². The molecule has 1 N–H and O–H groups in total. The standard InChI is InChI=1S/C15H24N2O3S/c1-20-15(13-7-4-3-5-8-13)12-17-10-6-9-14(11-17)16-21(2,18)19/h3-5,7-8,14-16H,6,9-12H2,1-2H3/t14-,15+/m1/s1. The topological polar surface area (TPSA) is 58.6 Å². The number of methoxy groups -OCH3 is 1. The fourth-order valence-corrected chi connectivity index (χ4v) is 3.64. The van der Waals surface area contributed by atoms with Crippen LogP contribution in [0.2, 0.25) is 0 Å². The zero-order valence-corrected chi connectivity index (χ0v) is 13.5. The lowest BCUT2D eigenvalue weighted by atomic mass is 10.0. The zero-order valence-electron chi connectivity index (χ0n) is 12.7. The van der Waals surface area contributed by atoms with Crippen LogP contribution < -0.4 is 4.72 Å². The second-order valence-electron chi connectivity index (χ2n) is 5.62. The third-order valence-electron chi connectivity index (χ3n) is 3.77. The number of rotatable bonds is 6. The minimum atomic E-state index is -3.14. The number of hydrogen-bond donors (Lipinski definition) is 1. The molecule has 2 atom stereocenters. The van der Waals surface area contributed by atoms with Crippen molar-refractivity contribution in [1.29, 1.82) is 0 Å².